The van der Waals surface area contributed by atoms with Crippen molar-refractivity contribution in [2.45, 2.75) is 39.3 Å². The van der Waals surface area contributed by atoms with E-state index in [1.807, 2.05) is 27.8 Å². The summed E-state index contributed by atoms with van der Waals surface area (Å²) in [5, 5.41) is 0.403. The first-order valence-electron chi connectivity index (χ1n) is 7.86. The monoisotopic (exact) mass is 340 g/mol. The Morgan fingerprint density at radius 3 is 2.78 bits per heavy atom. The van der Waals surface area contributed by atoms with Gasteiger partial charge in [0.05, 0.1) is 18.1 Å². The van der Waals surface area contributed by atoms with Crippen LogP contribution in [0.25, 0.3) is 0 Å². The lowest BCUT2D eigenvalue weighted by atomic mass is 10.1. The molecule has 1 atom stereocenters. The Balaban J connectivity index is 1.78. The quantitative estimate of drug-likeness (QED) is 0.843. The molecule has 2 heterocycles. The topological polar surface area (TPSA) is 58.6 Å². The molecule has 0 aliphatic carbocycles. The van der Waals surface area contributed by atoms with Gasteiger partial charge in [0.2, 0.25) is 0 Å². The van der Waals surface area contributed by atoms with Crippen LogP contribution in [0, 0.1) is 5.92 Å². The van der Waals surface area contributed by atoms with Gasteiger partial charge >= 0.3 is 6.09 Å². The zero-order valence-electron chi connectivity index (χ0n) is 14.3. The number of hydrogen-bond acceptors (Lipinski definition) is 5. The lowest BCUT2D eigenvalue weighted by molar-refractivity contribution is 0.0285. The van der Waals surface area contributed by atoms with Crippen molar-refractivity contribution in [3.05, 3.63) is 23.2 Å². The van der Waals surface area contributed by atoms with Gasteiger partial charge < -0.3 is 14.5 Å². The second kappa shape index (κ2) is 7.45. The fourth-order valence-electron chi connectivity index (χ4n) is 2.68. The Labute approximate surface area is 142 Å². The number of likely N-dealkylation sites (tertiary alicyclic amines) is 1. The molecule has 0 radical (unpaired) electrons. The third-order valence-corrected chi connectivity index (χ3v) is 3.81. The summed E-state index contributed by atoms with van der Waals surface area (Å²) in [6, 6.07) is 0. The molecule has 0 spiro atoms. The van der Waals surface area contributed by atoms with Gasteiger partial charge in [-0.1, -0.05) is 11.6 Å². The number of rotatable bonds is 4. The number of carbonyl (C=O) groups excluding carboxylic acids is 1. The van der Waals surface area contributed by atoms with E-state index < -0.39 is 5.60 Å². The van der Waals surface area contributed by atoms with Crippen molar-refractivity contribution in [3.63, 3.8) is 0 Å². The predicted molar refractivity (Wildman–Crippen MR) is 89.3 cm³/mol. The van der Waals surface area contributed by atoms with Gasteiger partial charge in [0.1, 0.15) is 10.8 Å². The van der Waals surface area contributed by atoms with E-state index in [4.69, 9.17) is 16.3 Å². The van der Waals surface area contributed by atoms with E-state index in [1.165, 1.54) is 0 Å². The molecule has 1 saturated heterocycles. The van der Waals surface area contributed by atoms with Crippen LogP contribution in [0.2, 0.25) is 5.15 Å². The third kappa shape index (κ3) is 5.95. The van der Waals surface area contributed by atoms with Gasteiger partial charge in [-0.15, -0.1) is 0 Å². The van der Waals surface area contributed by atoms with Crippen molar-refractivity contribution >= 4 is 17.7 Å². The number of hydrogen-bond donors (Lipinski definition) is 0. The molecule has 1 amide bonds. The van der Waals surface area contributed by atoms with Crippen LogP contribution in [0.15, 0.2) is 12.4 Å². The molecule has 128 valence electrons. The first-order chi connectivity index (χ1) is 10.7. The highest BCUT2D eigenvalue weighted by molar-refractivity contribution is 6.29. The lowest BCUT2D eigenvalue weighted by Crippen LogP contribution is -2.36. The molecule has 1 aliphatic heterocycles. The van der Waals surface area contributed by atoms with Crippen molar-refractivity contribution in [2.75, 3.05) is 26.7 Å². The van der Waals surface area contributed by atoms with E-state index in [2.05, 4.69) is 14.9 Å². The fourth-order valence-corrected chi connectivity index (χ4v) is 2.77. The molecule has 0 N–H and O–H groups in total. The molecule has 0 aromatic carbocycles. The minimum Gasteiger partial charge on any atom is -0.444 e. The molecule has 23 heavy (non-hydrogen) atoms. The lowest BCUT2D eigenvalue weighted by Gasteiger charge is -2.25. The molecular formula is C16H25ClN4O2. The van der Waals surface area contributed by atoms with Gasteiger partial charge in [0.25, 0.3) is 0 Å². The highest BCUT2D eigenvalue weighted by Crippen LogP contribution is 2.20. The number of carbonyl (C=O) groups is 1. The van der Waals surface area contributed by atoms with Gasteiger partial charge in [-0.05, 0) is 40.2 Å². The van der Waals surface area contributed by atoms with E-state index in [-0.39, 0.29) is 6.09 Å². The van der Waals surface area contributed by atoms with E-state index in [0.29, 0.717) is 17.6 Å². The maximum absolute atomic E-state index is 12.1. The second-order valence-corrected chi connectivity index (χ2v) is 7.50. The molecule has 0 saturated carbocycles. The van der Waals surface area contributed by atoms with Crippen molar-refractivity contribution < 1.29 is 9.53 Å². The summed E-state index contributed by atoms with van der Waals surface area (Å²) in [6.07, 6.45) is 4.03. The van der Waals surface area contributed by atoms with Gasteiger partial charge in [-0.3, -0.25) is 4.98 Å². The number of nitrogens with zero attached hydrogens (tertiary/aromatic N) is 4. The van der Waals surface area contributed by atoms with Crippen molar-refractivity contribution in [2.24, 2.45) is 5.92 Å². The Hall–Kier alpha value is -1.40. The van der Waals surface area contributed by atoms with E-state index >= 15 is 0 Å². The molecule has 1 aromatic heterocycles. The van der Waals surface area contributed by atoms with E-state index in [1.54, 1.807) is 17.3 Å². The third-order valence-electron chi connectivity index (χ3n) is 3.61. The summed E-state index contributed by atoms with van der Waals surface area (Å²) in [5.41, 5.74) is 0.443. The number of aromatic nitrogens is 2. The van der Waals surface area contributed by atoms with Gasteiger partial charge in [0.15, 0.2) is 0 Å². The number of halogens is 1. The summed E-state index contributed by atoms with van der Waals surface area (Å²) < 4.78 is 5.42. The SMILES string of the molecule is CN(Cc1cnc(Cl)cn1)CC1CCN(C(=O)OC(C)(C)C)C1. The zero-order chi connectivity index (χ0) is 17.0. The number of amides is 1. The van der Waals surface area contributed by atoms with Crippen LogP contribution in [0.5, 0.6) is 0 Å². The number of ether oxygens (including phenoxy) is 1. The molecular weight excluding hydrogens is 316 g/mol. The average Bonchev–Trinajstić information content (AvgIpc) is 2.88. The van der Waals surface area contributed by atoms with E-state index in [0.717, 1.165) is 31.7 Å². The van der Waals surface area contributed by atoms with Crippen LogP contribution in [-0.4, -0.2) is 58.1 Å². The molecule has 1 aliphatic rings. The Morgan fingerprint density at radius 2 is 2.17 bits per heavy atom. The predicted octanol–water partition coefficient (Wildman–Crippen LogP) is 2.82. The maximum Gasteiger partial charge on any atom is 0.410 e. The Bertz CT molecular complexity index is 530. The maximum atomic E-state index is 12.1. The highest BCUT2D eigenvalue weighted by Gasteiger charge is 2.30. The highest BCUT2D eigenvalue weighted by atomic mass is 35.5. The van der Waals surface area contributed by atoms with Gasteiger partial charge in [-0.2, -0.15) is 0 Å². The first-order valence-corrected chi connectivity index (χ1v) is 8.23. The average molecular weight is 341 g/mol. The van der Waals surface area contributed by atoms with Crippen molar-refractivity contribution in [1.29, 1.82) is 0 Å². The summed E-state index contributed by atoms with van der Waals surface area (Å²) in [6.45, 7) is 8.79. The minimum absolute atomic E-state index is 0.216. The molecule has 1 fully saturated rings. The standard InChI is InChI=1S/C16H25ClN4O2/c1-16(2,3)23-15(22)21-6-5-12(10-21)9-20(4)11-13-7-19-14(17)8-18-13/h7-8,12H,5-6,9-11H2,1-4H3. The summed E-state index contributed by atoms with van der Waals surface area (Å²) in [7, 11) is 2.05. The summed E-state index contributed by atoms with van der Waals surface area (Å²) >= 11 is 5.74. The fraction of sp³-hybridized carbons (Fsp3) is 0.688. The first kappa shape index (κ1) is 17.9. The van der Waals surface area contributed by atoms with E-state index in [9.17, 15) is 4.79 Å². The minimum atomic E-state index is -0.445. The van der Waals surface area contributed by atoms with Crippen LogP contribution in [-0.2, 0) is 11.3 Å². The molecule has 1 unspecified atom stereocenters. The van der Waals surface area contributed by atoms with Crippen LogP contribution in [0.1, 0.15) is 32.9 Å². The normalized spacial score (nSPS) is 18.5. The van der Waals surface area contributed by atoms with Crippen molar-refractivity contribution in [1.82, 2.24) is 19.8 Å². The smallest absolute Gasteiger partial charge is 0.410 e. The molecule has 7 heteroatoms. The Kier molecular flexibility index (Phi) is 5.81. The summed E-state index contributed by atoms with van der Waals surface area (Å²) in [5.74, 6) is 0.452. The Morgan fingerprint density at radius 1 is 1.43 bits per heavy atom. The van der Waals surface area contributed by atoms with Crippen LogP contribution < -0.4 is 0 Å². The van der Waals surface area contributed by atoms with Crippen molar-refractivity contribution in [3.8, 4) is 0 Å². The summed E-state index contributed by atoms with van der Waals surface area (Å²) in [4.78, 5) is 24.4. The molecule has 6 nitrogen and oxygen atoms in total. The molecule has 2 rings (SSSR count). The zero-order valence-corrected chi connectivity index (χ0v) is 15.0. The second-order valence-electron chi connectivity index (χ2n) is 7.11. The molecule has 0 bridgehead atoms. The van der Waals surface area contributed by atoms with Crippen LogP contribution >= 0.6 is 11.6 Å². The largest absolute Gasteiger partial charge is 0.444 e. The van der Waals surface area contributed by atoms with Crippen LogP contribution in [0.4, 0.5) is 4.79 Å². The van der Waals surface area contributed by atoms with Gasteiger partial charge in [-0.25, -0.2) is 9.78 Å². The van der Waals surface area contributed by atoms with Gasteiger partial charge in [0, 0.05) is 26.2 Å². The molecule has 1 aromatic rings. The van der Waals surface area contributed by atoms with Crippen LogP contribution in [0.3, 0.4) is 0 Å².